The summed E-state index contributed by atoms with van der Waals surface area (Å²) in [5, 5.41) is 3.03. The average Bonchev–Trinajstić information content (AvgIpc) is 2.97. The average molecular weight is 544 g/mol. The lowest BCUT2D eigenvalue weighted by molar-refractivity contribution is -0.146. The van der Waals surface area contributed by atoms with Gasteiger partial charge in [0.1, 0.15) is 11.6 Å². The zero-order chi connectivity index (χ0) is 28.0. The van der Waals surface area contributed by atoms with E-state index >= 15 is 0 Å². The van der Waals surface area contributed by atoms with Gasteiger partial charge in [-0.25, -0.2) is 0 Å². The molecule has 216 valence electrons. The predicted octanol–water partition coefficient (Wildman–Crippen LogP) is 4.06. The minimum Gasteiger partial charge on any atom is -0.493 e. The van der Waals surface area contributed by atoms with Crippen molar-refractivity contribution in [2.24, 2.45) is 11.7 Å². The van der Waals surface area contributed by atoms with E-state index in [1.54, 1.807) is 26.2 Å². The smallest absolute Gasteiger partial charge is 0.243 e. The number of primary amides is 1. The van der Waals surface area contributed by atoms with Gasteiger partial charge < -0.3 is 30.2 Å². The van der Waals surface area contributed by atoms with Gasteiger partial charge in [0, 0.05) is 6.54 Å². The zero-order valence-electron chi connectivity index (χ0n) is 23.8. The van der Waals surface area contributed by atoms with E-state index in [1.807, 2.05) is 12.1 Å². The van der Waals surface area contributed by atoms with Gasteiger partial charge in [0.15, 0.2) is 11.5 Å². The highest BCUT2D eigenvalue weighted by Gasteiger charge is 2.44. The van der Waals surface area contributed by atoms with Gasteiger partial charge in [-0.3, -0.25) is 14.4 Å². The monoisotopic (exact) mass is 543 g/mol. The van der Waals surface area contributed by atoms with Crippen molar-refractivity contribution in [3.8, 4) is 17.2 Å². The summed E-state index contributed by atoms with van der Waals surface area (Å²) < 4.78 is 16.8. The largest absolute Gasteiger partial charge is 0.493 e. The Hall–Kier alpha value is -2.97. The lowest BCUT2D eigenvalue weighted by Crippen LogP contribution is -2.63. The van der Waals surface area contributed by atoms with Crippen LogP contribution in [0.4, 0.5) is 0 Å². The molecule has 9 heteroatoms. The molecule has 1 saturated heterocycles. The van der Waals surface area contributed by atoms with Crippen molar-refractivity contribution in [2.75, 3.05) is 27.9 Å². The van der Waals surface area contributed by atoms with Crippen LogP contribution >= 0.6 is 0 Å². The molecule has 3 amide bonds. The van der Waals surface area contributed by atoms with Crippen LogP contribution in [0.15, 0.2) is 12.1 Å². The predicted molar refractivity (Wildman–Crippen MR) is 148 cm³/mol. The molecule has 0 aromatic heterocycles. The number of nitrogens with zero attached hydrogens (tertiary/aromatic N) is 1. The van der Waals surface area contributed by atoms with E-state index in [0.29, 0.717) is 43.1 Å². The molecule has 9 nitrogen and oxygen atoms in total. The number of piperidine rings is 1. The Morgan fingerprint density at radius 3 is 2.03 bits per heavy atom. The van der Waals surface area contributed by atoms with Gasteiger partial charge in [0.05, 0.1) is 27.2 Å². The van der Waals surface area contributed by atoms with Crippen LogP contribution in [0.1, 0.15) is 95.0 Å². The molecule has 4 rings (SSSR count). The maximum Gasteiger partial charge on any atom is 0.243 e. The van der Waals surface area contributed by atoms with E-state index in [2.05, 4.69) is 5.32 Å². The van der Waals surface area contributed by atoms with Crippen molar-refractivity contribution >= 4 is 17.7 Å². The second-order valence-electron chi connectivity index (χ2n) is 11.4. The van der Waals surface area contributed by atoms with Crippen LogP contribution in [0.25, 0.3) is 0 Å². The normalized spacial score (nSPS) is 22.4. The highest BCUT2D eigenvalue weighted by Crippen LogP contribution is 2.45. The van der Waals surface area contributed by atoms with Crippen LogP contribution in [-0.2, 0) is 14.4 Å². The van der Waals surface area contributed by atoms with E-state index < -0.39 is 23.4 Å². The maximum atomic E-state index is 14.5. The van der Waals surface area contributed by atoms with Crippen molar-refractivity contribution in [1.82, 2.24) is 10.2 Å². The Balaban J connectivity index is 1.68. The van der Waals surface area contributed by atoms with Crippen LogP contribution in [0.5, 0.6) is 17.2 Å². The van der Waals surface area contributed by atoms with Crippen molar-refractivity contribution in [3.63, 3.8) is 0 Å². The Labute approximate surface area is 232 Å². The molecule has 3 fully saturated rings. The minimum atomic E-state index is -1.03. The first kappa shape index (κ1) is 29.0. The molecule has 1 aromatic rings. The molecule has 3 N–H and O–H groups in total. The van der Waals surface area contributed by atoms with Gasteiger partial charge in [0.2, 0.25) is 23.5 Å². The van der Waals surface area contributed by atoms with Crippen molar-refractivity contribution in [1.29, 1.82) is 0 Å². The number of methoxy groups -OCH3 is 3. The third-order valence-electron chi connectivity index (χ3n) is 9.06. The van der Waals surface area contributed by atoms with E-state index in [4.69, 9.17) is 19.9 Å². The Morgan fingerprint density at radius 1 is 0.872 bits per heavy atom. The second-order valence-corrected chi connectivity index (χ2v) is 11.4. The molecular weight excluding hydrogens is 498 g/mol. The number of hydrogen-bond donors (Lipinski definition) is 2. The van der Waals surface area contributed by atoms with Gasteiger partial charge in [0.25, 0.3) is 0 Å². The van der Waals surface area contributed by atoms with Crippen LogP contribution in [0.3, 0.4) is 0 Å². The fourth-order valence-electron chi connectivity index (χ4n) is 6.92. The maximum absolute atomic E-state index is 14.5. The highest BCUT2D eigenvalue weighted by molar-refractivity contribution is 5.95. The summed E-state index contributed by atoms with van der Waals surface area (Å²) in [7, 11) is 4.71. The summed E-state index contributed by atoms with van der Waals surface area (Å²) in [5.74, 6) is 0.411. The fraction of sp³-hybridized carbons (Fsp3) is 0.700. The number of carbonyl (C=O) groups is 3. The lowest BCUT2D eigenvalue weighted by Gasteiger charge is -2.42. The van der Waals surface area contributed by atoms with Gasteiger partial charge in [-0.15, -0.1) is 0 Å². The molecule has 1 heterocycles. The van der Waals surface area contributed by atoms with Gasteiger partial charge in [-0.2, -0.15) is 0 Å². The van der Waals surface area contributed by atoms with E-state index in [9.17, 15) is 14.4 Å². The van der Waals surface area contributed by atoms with Crippen LogP contribution < -0.4 is 25.3 Å². The SMILES string of the molecule is COc1cc(C(C(=O)N2CCCC[C@H]2C(=O)NC2(C(N)=O)CCCCC2)C2CCCCC2)cc(OC)c1OC. The molecule has 1 aromatic carbocycles. The lowest BCUT2D eigenvalue weighted by atomic mass is 9.75. The number of nitrogens with one attached hydrogen (secondary N) is 1. The molecule has 0 radical (unpaired) electrons. The molecule has 39 heavy (non-hydrogen) atoms. The van der Waals surface area contributed by atoms with Gasteiger partial charge in [-0.05, 0) is 68.6 Å². The summed E-state index contributed by atoms with van der Waals surface area (Å²) in [4.78, 5) is 42.5. The van der Waals surface area contributed by atoms with Crippen molar-refractivity contribution in [2.45, 2.75) is 101 Å². The fourth-order valence-corrected chi connectivity index (χ4v) is 6.92. The van der Waals surface area contributed by atoms with Crippen LogP contribution in [0, 0.1) is 5.92 Å². The summed E-state index contributed by atoms with van der Waals surface area (Å²) in [6.45, 7) is 0.508. The topological polar surface area (TPSA) is 120 Å². The minimum absolute atomic E-state index is 0.0483. The number of carbonyl (C=O) groups excluding carboxylic acids is 3. The molecule has 1 aliphatic heterocycles. The number of rotatable bonds is 9. The first-order valence-corrected chi connectivity index (χ1v) is 14.6. The van der Waals surface area contributed by atoms with Crippen molar-refractivity contribution < 1.29 is 28.6 Å². The number of ether oxygens (including phenoxy) is 3. The molecular formula is C30H45N3O6. The first-order valence-electron chi connectivity index (χ1n) is 14.6. The molecule has 1 unspecified atom stereocenters. The number of nitrogens with two attached hydrogens (primary N) is 1. The van der Waals surface area contributed by atoms with Crippen molar-refractivity contribution in [3.05, 3.63) is 17.7 Å². The first-order chi connectivity index (χ1) is 18.8. The quantitative estimate of drug-likeness (QED) is 0.485. The molecule has 2 atom stereocenters. The number of benzene rings is 1. The highest BCUT2D eigenvalue weighted by atomic mass is 16.5. The summed E-state index contributed by atoms with van der Waals surface area (Å²) in [6.07, 6.45) is 11.3. The summed E-state index contributed by atoms with van der Waals surface area (Å²) in [6, 6.07) is 3.13. The summed E-state index contributed by atoms with van der Waals surface area (Å²) >= 11 is 0. The van der Waals surface area contributed by atoms with Crippen LogP contribution in [-0.4, -0.2) is 62.1 Å². The Bertz CT molecular complexity index is 1010. The standard InChI is InChI=1S/C30H45N3O6/c1-37-23-18-21(19-24(38-2)26(23)39-3)25(20-12-6-4-7-13-20)28(35)33-17-11-8-14-22(33)27(34)32-30(29(31)36)15-9-5-10-16-30/h18-20,22,25H,4-17H2,1-3H3,(H2,31,36)(H,32,34)/t22-,25?/m0/s1. The number of hydrogen-bond acceptors (Lipinski definition) is 6. The van der Waals surface area contributed by atoms with Crippen LogP contribution in [0.2, 0.25) is 0 Å². The molecule has 2 aliphatic carbocycles. The number of likely N-dealkylation sites (tertiary alicyclic amines) is 1. The molecule has 2 saturated carbocycles. The Kier molecular flexibility index (Phi) is 9.62. The van der Waals surface area contributed by atoms with E-state index in [0.717, 1.165) is 69.8 Å². The zero-order valence-corrected chi connectivity index (χ0v) is 23.8. The molecule has 3 aliphatic rings. The number of amides is 3. The van der Waals surface area contributed by atoms with Gasteiger partial charge in [-0.1, -0.05) is 38.5 Å². The van der Waals surface area contributed by atoms with E-state index in [1.165, 1.54) is 0 Å². The molecule has 0 spiro atoms. The third-order valence-corrected chi connectivity index (χ3v) is 9.06. The second kappa shape index (κ2) is 12.9. The van der Waals surface area contributed by atoms with E-state index in [-0.39, 0.29) is 17.7 Å². The summed E-state index contributed by atoms with van der Waals surface area (Å²) in [5.41, 5.74) is 5.59. The molecule has 0 bridgehead atoms. The third kappa shape index (κ3) is 6.12. The Morgan fingerprint density at radius 2 is 1.46 bits per heavy atom. The van der Waals surface area contributed by atoms with Gasteiger partial charge >= 0.3 is 0 Å².